The van der Waals surface area contributed by atoms with E-state index in [1.54, 1.807) is 18.2 Å². The molecule has 0 amide bonds. The zero-order valence-electron chi connectivity index (χ0n) is 19.4. The molecule has 0 unspecified atom stereocenters. The van der Waals surface area contributed by atoms with Crippen molar-refractivity contribution in [1.29, 1.82) is 0 Å². The Kier molecular flexibility index (Phi) is 8.57. The van der Waals surface area contributed by atoms with Gasteiger partial charge in [0.2, 0.25) is 0 Å². The molecule has 2 aromatic carbocycles. The molecule has 1 aliphatic carbocycles. The third-order valence-electron chi connectivity index (χ3n) is 6.91. The van der Waals surface area contributed by atoms with Gasteiger partial charge in [0.1, 0.15) is 12.4 Å². The number of aliphatic hydroxyl groups excluding tert-OH is 1. The Morgan fingerprint density at radius 3 is 2.47 bits per heavy atom. The zero-order chi connectivity index (χ0) is 22.2. The van der Waals surface area contributed by atoms with Gasteiger partial charge in [0.25, 0.3) is 0 Å². The van der Waals surface area contributed by atoms with E-state index in [1.807, 2.05) is 12.1 Å². The van der Waals surface area contributed by atoms with Gasteiger partial charge in [-0.1, -0.05) is 36.4 Å². The molecule has 32 heavy (non-hydrogen) atoms. The van der Waals surface area contributed by atoms with Crippen molar-refractivity contribution in [2.75, 3.05) is 53.1 Å². The van der Waals surface area contributed by atoms with E-state index in [0.717, 1.165) is 32.0 Å². The summed E-state index contributed by atoms with van der Waals surface area (Å²) < 4.78 is 10.9. The molecule has 0 spiro atoms. The number of piperidine rings is 1. The molecule has 1 N–H and O–H groups in total. The summed E-state index contributed by atoms with van der Waals surface area (Å²) in [5.41, 5.74) is 4.39. The second-order valence-corrected chi connectivity index (χ2v) is 9.28. The van der Waals surface area contributed by atoms with Gasteiger partial charge in [-0.2, -0.15) is 0 Å². The fraction of sp³-hybridized carbons (Fsp3) is 0.556. The van der Waals surface area contributed by atoms with Gasteiger partial charge in [0.05, 0.1) is 13.2 Å². The highest BCUT2D eigenvalue weighted by atomic mass is 16.5. The molecule has 174 valence electrons. The molecule has 4 rings (SSSR count). The van der Waals surface area contributed by atoms with Crippen molar-refractivity contribution in [2.45, 2.75) is 38.3 Å². The number of hydrogen-bond acceptors (Lipinski definition) is 5. The molecule has 0 bridgehead atoms. The standard InChI is InChI=1S/C27H38N2O3/c1-31-15-13-28(19-22-8-10-27(11-9-22)32-16-14-30)20-23-5-4-12-29(21-23)26-17-24-6-2-3-7-25(24)18-26/h2-3,6-11,23,26,30H,4-5,12-21H2,1H3/t23-/m1/s1. The summed E-state index contributed by atoms with van der Waals surface area (Å²) in [4.78, 5) is 5.31. The maximum Gasteiger partial charge on any atom is 0.119 e. The maximum absolute atomic E-state index is 8.93. The van der Waals surface area contributed by atoms with E-state index in [-0.39, 0.29) is 6.61 Å². The summed E-state index contributed by atoms with van der Waals surface area (Å²) in [6.07, 6.45) is 5.03. The van der Waals surface area contributed by atoms with Crippen molar-refractivity contribution in [1.82, 2.24) is 9.80 Å². The highest BCUT2D eigenvalue weighted by molar-refractivity contribution is 5.33. The lowest BCUT2D eigenvalue weighted by atomic mass is 9.95. The van der Waals surface area contributed by atoms with Crippen molar-refractivity contribution in [3.8, 4) is 5.75 Å². The van der Waals surface area contributed by atoms with Crippen LogP contribution in [-0.2, 0) is 24.1 Å². The van der Waals surface area contributed by atoms with Crippen LogP contribution in [0, 0.1) is 5.92 Å². The van der Waals surface area contributed by atoms with Crippen LogP contribution < -0.4 is 4.74 Å². The van der Waals surface area contributed by atoms with Crippen LogP contribution in [0.25, 0.3) is 0 Å². The average Bonchev–Trinajstić information content (AvgIpc) is 3.27. The van der Waals surface area contributed by atoms with Gasteiger partial charge in [-0.05, 0) is 67.0 Å². The van der Waals surface area contributed by atoms with Crippen molar-refractivity contribution >= 4 is 0 Å². The molecular weight excluding hydrogens is 400 g/mol. The largest absolute Gasteiger partial charge is 0.491 e. The van der Waals surface area contributed by atoms with Gasteiger partial charge in [-0.3, -0.25) is 9.80 Å². The topological polar surface area (TPSA) is 45.2 Å². The van der Waals surface area contributed by atoms with Crippen LogP contribution in [0.1, 0.15) is 29.5 Å². The first kappa shape index (κ1) is 23.2. The third-order valence-corrected chi connectivity index (χ3v) is 6.91. The first-order chi connectivity index (χ1) is 15.7. The van der Waals surface area contributed by atoms with Crippen LogP contribution in [0.15, 0.2) is 48.5 Å². The van der Waals surface area contributed by atoms with Crippen LogP contribution in [0.3, 0.4) is 0 Å². The van der Waals surface area contributed by atoms with E-state index in [4.69, 9.17) is 14.6 Å². The van der Waals surface area contributed by atoms with E-state index >= 15 is 0 Å². The number of aliphatic hydroxyl groups is 1. The lowest BCUT2D eigenvalue weighted by Gasteiger charge is -2.38. The lowest BCUT2D eigenvalue weighted by Crippen LogP contribution is -2.46. The van der Waals surface area contributed by atoms with Gasteiger partial charge in [0, 0.05) is 39.3 Å². The SMILES string of the molecule is COCCN(Cc1ccc(OCCO)cc1)C[C@H]1CCCN(C2Cc3ccccc3C2)C1. The zero-order valence-corrected chi connectivity index (χ0v) is 19.4. The van der Waals surface area contributed by atoms with E-state index < -0.39 is 0 Å². The Bertz CT molecular complexity index is 801. The number of rotatable bonds is 11. The molecule has 1 atom stereocenters. The van der Waals surface area contributed by atoms with Gasteiger partial charge >= 0.3 is 0 Å². The molecule has 0 radical (unpaired) electrons. The molecule has 1 aliphatic heterocycles. The predicted molar refractivity (Wildman–Crippen MR) is 128 cm³/mol. The normalized spacial score (nSPS) is 19.4. The number of likely N-dealkylation sites (tertiary alicyclic amines) is 1. The quantitative estimate of drug-likeness (QED) is 0.583. The van der Waals surface area contributed by atoms with Crippen LogP contribution in [0.5, 0.6) is 5.75 Å². The molecule has 1 fully saturated rings. The summed E-state index contributed by atoms with van der Waals surface area (Å²) in [6, 6.07) is 17.9. The predicted octanol–water partition coefficient (Wildman–Crippen LogP) is 3.39. The molecule has 0 saturated carbocycles. The number of methoxy groups -OCH3 is 1. The average molecular weight is 439 g/mol. The molecule has 2 aromatic rings. The lowest BCUT2D eigenvalue weighted by molar-refractivity contribution is 0.0843. The molecule has 5 nitrogen and oxygen atoms in total. The van der Waals surface area contributed by atoms with E-state index in [0.29, 0.717) is 18.6 Å². The van der Waals surface area contributed by atoms with E-state index in [9.17, 15) is 0 Å². The highest BCUT2D eigenvalue weighted by Crippen LogP contribution is 2.29. The van der Waals surface area contributed by atoms with Gasteiger partial charge in [-0.25, -0.2) is 0 Å². The Hall–Kier alpha value is -1.92. The van der Waals surface area contributed by atoms with Gasteiger partial charge in [0.15, 0.2) is 0 Å². The summed E-state index contributed by atoms with van der Waals surface area (Å²) in [6.45, 7) is 6.56. The van der Waals surface area contributed by atoms with Crippen LogP contribution in [0.4, 0.5) is 0 Å². The monoisotopic (exact) mass is 438 g/mol. The van der Waals surface area contributed by atoms with Crippen molar-refractivity contribution in [2.24, 2.45) is 5.92 Å². The summed E-state index contributed by atoms with van der Waals surface area (Å²) >= 11 is 0. The van der Waals surface area contributed by atoms with Crippen LogP contribution in [-0.4, -0.2) is 74.1 Å². The van der Waals surface area contributed by atoms with E-state index in [1.165, 1.54) is 44.3 Å². The fourth-order valence-electron chi connectivity index (χ4n) is 5.30. The van der Waals surface area contributed by atoms with Crippen LogP contribution in [0.2, 0.25) is 0 Å². The number of fused-ring (bicyclic) bond motifs is 1. The summed E-state index contributed by atoms with van der Waals surface area (Å²) in [5.74, 6) is 1.52. The first-order valence-electron chi connectivity index (χ1n) is 12.1. The second kappa shape index (κ2) is 11.8. The minimum atomic E-state index is 0.0396. The molecule has 0 aromatic heterocycles. The smallest absolute Gasteiger partial charge is 0.119 e. The van der Waals surface area contributed by atoms with Gasteiger partial charge in [-0.15, -0.1) is 0 Å². The molecule has 2 aliphatic rings. The Morgan fingerprint density at radius 2 is 1.78 bits per heavy atom. The third kappa shape index (κ3) is 6.32. The molecule has 5 heteroatoms. The Labute approximate surface area is 192 Å². The highest BCUT2D eigenvalue weighted by Gasteiger charge is 2.31. The molecule has 1 saturated heterocycles. The number of benzene rings is 2. The Morgan fingerprint density at radius 1 is 1.03 bits per heavy atom. The second-order valence-electron chi connectivity index (χ2n) is 9.28. The van der Waals surface area contributed by atoms with Crippen molar-refractivity contribution in [3.63, 3.8) is 0 Å². The number of ether oxygens (including phenoxy) is 2. The maximum atomic E-state index is 8.93. The number of nitrogens with zero attached hydrogens (tertiary/aromatic N) is 2. The Balaban J connectivity index is 1.32. The van der Waals surface area contributed by atoms with Crippen LogP contribution >= 0.6 is 0 Å². The van der Waals surface area contributed by atoms with Gasteiger partial charge < -0.3 is 14.6 Å². The molecule has 1 heterocycles. The first-order valence-corrected chi connectivity index (χ1v) is 12.1. The molecular formula is C27H38N2O3. The minimum Gasteiger partial charge on any atom is -0.491 e. The van der Waals surface area contributed by atoms with Crippen molar-refractivity contribution in [3.05, 3.63) is 65.2 Å². The number of hydrogen-bond donors (Lipinski definition) is 1. The minimum absolute atomic E-state index is 0.0396. The summed E-state index contributed by atoms with van der Waals surface area (Å²) in [5, 5.41) is 8.93. The fourth-order valence-corrected chi connectivity index (χ4v) is 5.30. The summed E-state index contributed by atoms with van der Waals surface area (Å²) in [7, 11) is 1.78. The van der Waals surface area contributed by atoms with Crippen molar-refractivity contribution < 1.29 is 14.6 Å². The van der Waals surface area contributed by atoms with E-state index in [2.05, 4.69) is 46.2 Å².